The van der Waals surface area contributed by atoms with Crippen molar-refractivity contribution in [2.75, 3.05) is 23.9 Å². The monoisotopic (exact) mass is 383 g/mol. The summed E-state index contributed by atoms with van der Waals surface area (Å²) in [5.41, 5.74) is 0.454. The van der Waals surface area contributed by atoms with E-state index in [-0.39, 0.29) is 17.3 Å². The third-order valence-corrected chi connectivity index (χ3v) is 4.97. The van der Waals surface area contributed by atoms with Crippen LogP contribution < -0.4 is 15.0 Å². The second-order valence-electron chi connectivity index (χ2n) is 7.00. The van der Waals surface area contributed by atoms with Crippen LogP contribution in [0.2, 0.25) is 0 Å². The number of benzene rings is 2. The molecule has 1 aliphatic heterocycles. The van der Waals surface area contributed by atoms with Crippen LogP contribution in [0.15, 0.2) is 36.4 Å². The number of methoxy groups -OCH3 is 1. The molecular formula is C20H21N3O5. The molecule has 1 heterocycles. The molecule has 1 N–H and O–H groups in total. The SMILES string of the molecule is CCN1C(=O)C(C)(C)c2cc(NC(=O)c3ccc(OC)cc3)c([N+](=O)[O-])cc21. The standard InChI is InChI=1S/C20H21N3O5/c1-5-22-16-11-17(23(26)27)15(10-14(16)20(2,3)19(22)25)21-18(24)12-6-8-13(28-4)9-7-12/h6-11H,5H2,1-4H3,(H,21,24). The summed E-state index contributed by atoms with van der Waals surface area (Å²) < 4.78 is 5.06. The quantitative estimate of drug-likeness (QED) is 0.629. The van der Waals surface area contributed by atoms with Crippen molar-refractivity contribution in [3.8, 4) is 5.75 Å². The molecular weight excluding hydrogens is 362 g/mol. The number of ether oxygens (including phenoxy) is 1. The van der Waals surface area contributed by atoms with Crippen molar-refractivity contribution in [2.24, 2.45) is 0 Å². The minimum Gasteiger partial charge on any atom is -0.497 e. The van der Waals surface area contributed by atoms with Gasteiger partial charge in [-0.1, -0.05) is 0 Å². The van der Waals surface area contributed by atoms with Crippen LogP contribution in [0.4, 0.5) is 17.1 Å². The molecule has 2 aromatic rings. The van der Waals surface area contributed by atoms with Gasteiger partial charge in [0, 0.05) is 18.2 Å². The summed E-state index contributed by atoms with van der Waals surface area (Å²) in [4.78, 5) is 37.8. The third-order valence-electron chi connectivity index (χ3n) is 4.97. The van der Waals surface area contributed by atoms with Crippen molar-refractivity contribution in [1.29, 1.82) is 0 Å². The van der Waals surface area contributed by atoms with Crippen LogP contribution in [0.1, 0.15) is 36.7 Å². The van der Waals surface area contributed by atoms with Gasteiger partial charge in [0.2, 0.25) is 5.91 Å². The highest BCUT2D eigenvalue weighted by Crippen LogP contribution is 2.45. The Balaban J connectivity index is 2.03. The Kier molecular flexibility index (Phi) is 4.80. The molecule has 3 rings (SSSR count). The molecule has 0 unspecified atom stereocenters. The van der Waals surface area contributed by atoms with Gasteiger partial charge in [0.1, 0.15) is 11.4 Å². The van der Waals surface area contributed by atoms with Gasteiger partial charge in [-0.2, -0.15) is 0 Å². The number of carbonyl (C=O) groups is 2. The van der Waals surface area contributed by atoms with Crippen LogP contribution >= 0.6 is 0 Å². The topological polar surface area (TPSA) is 102 Å². The molecule has 0 saturated heterocycles. The predicted molar refractivity (Wildman–Crippen MR) is 105 cm³/mol. The number of nitrogens with zero attached hydrogens (tertiary/aromatic N) is 2. The number of rotatable bonds is 5. The Labute approximate surface area is 162 Å². The second-order valence-corrected chi connectivity index (χ2v) is 7.00. The molecule has 2 amide bonds. The number of hydrogen-bond donors (Lipinski definition) is 1. The zero-order chi connectivity index (χ0) is 20.6. The number of amides is 2. The summed E-state index contributed by atoms with van der Waals surface area (Å²) in [6.07, 6.45) is 0. The van der Waals surface area contributed by atoms with Crippen molar-refractivity contribution in [3.63, 3.8) is 0 Å². The van der Waals surface area contributed by atoms with Crippen molar-refractivity contribution in [1.82, 2.24) is 0 Å². The van der Waals surface area contributed by atoms with Crippen molar-refractivity contribution in [3.05, 3.63) is 57.6 Å². The zero-order valence-electron chi connectivity index (χ0n) is 16.1. The van der Waals surface area contributed by atoms with E-state index in [4.69, 9.17) is 4.74 Å². The molecule has 8 nitrogen and oxygen atoms in total. The highest BCUT2D eigenvalue weighted by atomic mass is 16.6. The Morgan fingerprint density at radius 3 is 2.43 bits per heavy atom. The maximum Gasteiger partial charge on any atom is 0.294 e. The van der Waals surface area contributed by atoms with Crippen LogP contribution in [0.25, 0.3) is 0 Å². The molecule has 0 fully saturated rings. The molecule has 0 aliphatic carbocycles. The van der Waals surface area contributed by atoms with E-state index in [0.717, 1.165) is 0 Å². The average molecular weight is 383 g/mol. The van der Waals surface area contributed by atoms with E-state index in [1.165, 1.54) is 24.1 Å². The molecule has 28 heavy (non-hydrogen) atoms. The minimum atomic E-state index is -0.833. The number of hydrogen-bond acceptors (Lipinski definition) is 5. The Morgan fingerprint density at radius 2 is 1.89 bits per heavy atom. The zero-order valence-corrected chi connectivity index (χ0v) is 16.1. The van der Waals surface area contributed by atoms with E-state index in [0.29, 0.717) is 29.1 Å². The van der Waals surface area contributed by atoms with Crippen molar-refractivity contribution < 1.29 is 19.2 Å². The smallest absolute Gasteiger partial charge is 0.294 e. The Bertz CT molecular complexity index is 967. The Morgan fingerprint density at radius 1 is 1.25 bits per heavy atom. The van der Waals surface area contributed by atoms with Gasteiger partial charge in [-0.25, -0.2) is 0 Å². The van der Waals surface area contributed by atoms with Crippen LogP contribution in [-0.4, -0.2) is 30.4 Å². The van der Waals surface area contributed by atoms with Gasteiger partial charge >= 0.3 is 0 Å². The number of nitro benzene ring substituents is 1. The maximum absolute atomic E-state index is 12.7. The predicted octanol–water partition coefficient (Wildman–Crippen LogP) is 3.50. The molecule has 0 atom stereocenters. The first-order valence-electron chi connectivity index (χ1n) is 8.81. The molecule has 2 aromatic carbocycles. The van der Waals surface area contributed by atoms with Crippen LogP contribution in [0.3, 0.4) is 0 Å². The molecule has 146 valence electrons. The number of likely N-dealkylation sites (N-methyl/N-ethyl adjacent to an activating group) is 1. The van der Waals surface area contributed by atoms with E-state index < -0.39 is 16.2 Å². The van der Waals surface area contributed by atoms with Gasteiger partial charge in [-0.15, -0.1) is 0 Å². The third kappa shape index (κ3) is 3.06. The fraction of sp³-hybridized carbons (Fsp3) is 0.300. The molecule has 1 aliphatic rings. The lowest BCUT2D eigenvalue weighted by molar-refractivity contribution is -0.383. The first-order valence-corrected chi connectivity index (χ1v) is 8.81. The summed E-state index contributed by atoms with van der Waals surface area (Å²) in [5, 5.41) is 14.2. The summed E-state index contributed by atoms with van der Waals surface area (Å²) in [7, 11) is 1.52. The second kappa shape index (κ2) is 6.95. The summed E-state index contributed by atoms with van der Waals surface area (Å²) in [6.45, 7) is 5.76. The summed E-state index contributed by atoms with van der Waals surface area (Å²) in [5.74, 6) is -0.0157. The van der Waals surface area contributed by atoms with Gasteiger partial charge in [-0.05, 0) is 56.7 Å². The van der Waals surface area contributed by atoms with Gasteiger partial charge in [0.15, 0.2) is 0 Å². The first-order chi connectivity index (χ1) is 13.2. The van der Waals surface area contributed by atoms with Crippen LogP contribution in [0, 0.1) is 10.1 Å². The lowest BCUT2D eigenvalue weighted by atomic mass is 9.85. The molecule has 8 heteroatoms. The largest absolute Gasteiger partial charge is 0.497 e. The average Bonchev–Trinajstić information content (AvgIpc) is 2.86. The minimum absolute atomic E-state index is 0.0587. The number of fused-ring (bicyclic) bond motifs is 1. The molecule has 0 saturated carbocycles. The van der Waals surface area contributed by atoms with Crippen molar-refractivity contribution in [2.45, 2.75) is 26.2 Å². The lowest BCUT2D eigenvalue weighted by Gasteiger charge is -2.18. The normalized spacial score (nSPS) is 14.6. The number of nitro groups is 1. The van der Waals surface area contributed by atoms with Gasteiger partial charge < -0.3 is 15.0 Å². The van der Waals surface area contributed by atoms with E-state index in [2.05, 4.69) is 5.32 Å². The van der Waals surface area contributed by atoms with Gasteiger partial charge in [-0.3, -0.25) is 19.7 Å². The summed E-state index contributed by atoms with van der Waals surface area (Å²) >= 11 is 0. The fourth-order valence-electron chi connectivity index (χ4n) is 3.37. The maximum atomic E-state index is 12.7. The van der Waals surface area contributed by atoms with E-state index in [1.54, 1.807) is 38.1 Å². The first kappa shape index (κ1) is 19.3. The number of anilines is 2. The van der Waals surface area contributed by atoms with E-state index >= 15 is 0 Å². The highest BCUT2D eigenvalue weighted by molar-refractivity contribution is 6.10. The molecule has 0 spiro atoms. The van der Waals surface area contributed by atoms with Crippen molar-refractivity contribution >= 4 is 28.9 Å². The Hall–Kier alpha value is -3.42. The van der Waals surface area contributed by atoms with Crippen LogP contribution in [0.5, 0.6) is 5.75 Å². The summed E-state index contributed by atoms with van der Waals surface area (Å²) in [6, 6.07) is 9.29. The number of nitrogens with one attached hydrogen (secondary N) is 1. The van der Waals surface area contributed by atoms with E-state index in [9.17, 15) is 19.7 Å². The molecule has 0 bridgehead atoms. The fourth-order valence-corrected chi connectivity index (χ4v) is 3.37. The van der Waals surface area contributed by atoms with Gasteiger partial charge in [0.25, 0.3) is 11.6 Å². The number of carbonyl (C=O) groups excluding carboxylic acids is 2. The van der Waals surface area contributed by atoms with Crippen LogP contribution in [-0.2, 0) is 10.2 Å². The highest BCUT2D eigenvalue weighted by Gasteiger charge is 2.44. The van der Waals surface area contributed by atoms with E-state index in [1.807, 2.05) is 6.92 Å². The molecule has 0 radical (unpaired) electrons. The molecule has 0 aromatic heterocycles. The van der Waals surface area contributed by atoms with Gasteiger partial charge in [0.05, 0.1) is 23.1 Å². The lowest BCUT2D eigenvalue weighted by Crippen LogP contribution is -2.35.